The van der Waals surface area contributed by atoms with Gasteiger partial charge in [-0.15, -0.1) is 0 Å². The topological polar surface area (TPSA) is 86.5 Å². The third kappa shape index (κ3) is 4.81. The second-order valence-corrected chi connectivity index (χ2v) is 4.44. The molecule has 18 heavy (non-hydrogen) atoms. The van der Waals surface area contributed by atoms with Gasteiger partial charge in [-0.3, -0.25) is 10.1 Å². The molecule has 0 rings (SSSR count). The summed E-state index contributed by atoms with van der Waals surface area (Å²) < 4.78 is 4.73. The molecule has 3 atom stereocenters. The fraction of sp³-hybridized carbons (Fsp3) is 0.833. The molecule has 104 valence electrons. The molecule has 0 saturated carbocycles. The Morgan fingerprint density at radius 2 is 1.89 bits per heavy atom. The summed E-state index contributed by atoms with van der Waals surface area (Å²) in [6.45, 7) is 6.75. The van der Waals surface area contributed by atoms with Gasteiger partial charge >= 0.3 is 12.0 Å². The van der Waals surface area contributed by atoms with E-state index in [1.807, 2.05) is 13.8 Å². The average molecular weight is 259 g/mol. The van der Waals surface area contributed by atoms with Crippen molar-refractivity contribution in [2.75, 3.05) is 6.61 Å². The number of hydrogen-bond acceptors (Lipinski definition) is 5. The summed E-state index contributed by atoms with van der Waals surface area (Å²) in [4.78, 5) is 33.3. The number of Topliss-reactive ketones (excluding diaryl/α,β-unsaturated/α-hetero) is 1. The molecule has 3 unspecified atom stereocenters. The predicted molar refractivity (Wildman–Crippen MR) is 65.7 cm³/mol. The molecule has 0 aromatic rings. The summed E-state index contributed by atoms with van der Waals surface area (Å²) in [5, 5.41) is 11.1. The Labute approximate surface area is 107 Å². The second kappa shape index (κ2) is 7.79. The number of ether oxygens (including phenoxy) is 1. The normalized spacial score (nSPS) is 15.6. The van der Waals surface area contributed by atoms with Crippen LogP contribution in [0.5, 0.6) is 0 Å². The fourth-order valence-corrected chi connectivity index (χ4v) is 1.90. The standard InChI is InChI=1S/C12H21NO5/c1-5-8(3)10(7-9(4)14)11(13(16)17)12(15)18-6-2/h8,10-11H,5-7H2,1-4H3. The lowest BCUT2D eigenvalue weighted by atomic mass is 9.82. The van der Waals surface area contributed by atoms with Gasteiger partial charge in [-0.25, -0.2) is 4.79 Å². The van der Waals surface area contributed by atoms with Crippen LogP contribution in [0.2, 0.25) is 0 Å². The van der Waals surface area contributed by atoms with Gasteiger partial charge in [-0.2, -0.15) is 0 Å². The largest absolute Gasteiger partial charge is 0.461 e. The molecule has 0 aromatic heterocycles. The van der Waals surface area contributed by atoms with Gasteiger partial charge in [-0.1, -0.05) is 20.3 Å². The predicted octanol–water partition coefficient (Wildman–Crippen LogP) is 1.84. The highest BCUT2D eigenvalue weighted by molar-refractivity contribution is 5.79. The third-order valence-electron chi connectivity index (χ3n) is 3.06. The monoisotopic (exact) mass is 259 g/mol. The van der Waals surface area contributed by atoms with E-state index in [1.54, 1.807) is 6.92 Å². The summed E-state index contributed by atoms with van der Waals surface area (Å²) in [5.41, 5.74) is 0. The van der Waals surface area contributed by atoms with Crippen molar-refractivity contribution in [3.05, 3.63) is 10.1 Å². The van der Waals surface area contributed by atoms with Crippen molar-refractivity contribution in [2.24, 2.45) is 11.8 Å². The molecule has 0 saturated heterocycles. The van der Waals surface area contributed by atoms with Crippen molar-refractivity contribution in [1.29, 1.82) is 0 Å². The van der Waals surface area contributed by atoms with Gasteiger partial charge in [0.1, 0.15) is 5.78 Å². The minimum absolute atomic E-state index is 0.0272. The highest BCUT2D eigenvalue weighted by Crippen LogP contribution is 2.25. The van der Waals surface area contributed by atoms with E-state index in [0.717, 1.165) is 0 Å². The lowest BCUT2D eigenvalue weighted by Crippen LogP contribution is -2.42. The molecule has 6 heteroatoms. The lowest BCUT2D eigenvalue weighted by molar-refractivity contribution is -0.521. The highest BCUT2D eigenvalue weighted by atomic mass is 16.6. The minimum Gasteiger partial charge on any atom is -0.461 e. The van der Waals surface area contributed by atoms with E-state index in [2.05, 4.69) is 0 Å². The van der Waals surface area contributed by atoms with E-state index in [-0.39, 0.29) is 24.7 Å². The molecule has 0 aliphatic rings. The lowest BCUT2D eigenvalue weighted by Gasteiger charge is -2.23. The van der Waals surface area contributed by atoms with Gasteiger partial charge in [0.25, 0.3) is 0 Å². The number of hydrogen-bond donors (Lipinski definition) is 0. The van der Waals surface area contributed by atoms with Crippen LogP contribution in [0, 0.1) is 22.0 Å². The molecule has 0 fully saturated rings. The molecule has 6 nitrogen and oxygen atoms in total. The maximum absolute atomic E-state index is 11.7. The van der Waals surface area contributed by atoms with Crippen molar-refractivity contribution in [2.45, 2.75) is 46.6 Å². The number of ketones is 1. The van der Waals surface area contributed by atoms with Crippen molar-refractivity contribution in [1.82, 2.24) is 0 Å². The van der Waals surface area contributed by atoms with Crippen LogP contribution in [-0.2, 0) is 14.3 Å². The first-order valence-electron chi connectivity index (χ1n) is 6.14. The Bertz CT molecular complexity index is 316. The van der Waals surface area contributed by atoms with Gasteiger partial charge < -0.3 is 9.53 Å². The summed E-state index contributed by atoms with van der Waals surface area (Å²) >= 11 is 0. The van der Waals surface area contributed by atoms with Crippen LogP contribution in [0.25, 0.3) is 0 Å². The molecule has 0 spiro atoms. The fourth-order valence-electron chi connectivity index (χ4n) is 1.90. The van der Waals surface area contributed by atoms with Crippen LogP contribution in [0.3, 0.4) is 0 Å². The van der Waals surface area contributed by atoms with Gasteiger partial charge in [0, 0.05) is 17.3 Å². The molecule has 0 N–H and O–H groups in total. The molecule has 0 heterocycles. The Morgan fingerprint density at radius 1 is 1.33 bits per heavy atom. The number of nitrogens with zero attached hydrogens (tertiary/aromatic N) is 1. The summed E-state index contributed by atoms with van der Waals surface area (Å²) in [6.07, 6.45) is 0.696. The Hall–Kier alpha value is -1.46. The second-order valence-electron chi connectivity index (χ2n) is 4.44. The molecular weight excluding hydrogens is 238 g/mol. The summed E-state index contributed by atoms with van der Waals surface area (Å²) in [7, 11) is 0. The van der Waals surface area contributed by atoms with Crippen molar-refractivity contribution < 1.29 is 19.2 Å². The zero-order chi connectivity index (χ0) is 14.3. The molecule has 0 aliphatic carbocycles. The van der Waals surface area contributed by atoms with Gasteiger partial charge in [0.05, 0.1) is 6.61 Å². The van der Waals surface area contributed by atoms with Crippen LogP contribution >= 0.6 is 0 Å². The minimum atomic E-state index is -1.45. The van der Waals surface area contributed by atoms with Crippen LogP contribution in [0.15, 0.2) is 0 Å². The Kier molecular flexibility index (Phi) is 7.16. The first-order chi connectivity index (χ1) is 8.34. The Balaban J connectivity index is 5.14. The van der Waals surface area contributed by atoms with E-state index in [1.165, 1.54) is 6.92 Å². The molecule has 0 radical (unpaired) electrons. The van der Waals surface area contributed by atoms with Crippen molar-refractivity contribution in [3.63, 3.8) is 0 Å². The summed E-state index contributed by atoms with van der Waals surface area (Å²) in [6, 6.07) is -1.45. The van der Waals surface area contributed by atoms with E-state index in [4.69, 9.17) is 4.74 Å². The first kappa shape index (κ1) is 16.5. The van der Waals surface area contributed by atoms with Crippen LogP contribution in [0.4, 0.5) is 0 Å². The number of carbonyl (C=O) groups excluding carboxylic acids is 2. The number of carbonyl (C=O) groups is 2. The number of rotatable bonds is 8. The molecular formula is C12H21NO5. The maximum atomic E-state index is 11.7. The molecule has 0 aromatic carbocycles. The Morgan fingerprint density at radius 3 is 2.22 bits per heavy atom. The van der Waals surface area contributed by atoms with Crippen LogP contribution in [-0.4, -0.2) is 29.3 Å². The van der Waals surface area contributed by atoms with Crippen molar-refractivity contribution in [3.8, 4) is 0 Å². The van der Waals surface area contributed by atoms with E-state index in [0.29, 0.717) is 6.42 Å². The zero-order valence-corrected chi connectivity index (χ0v) is 11.3. The van der Waals surface area contributed by atoms with E-state index < -0.39 is 22.9 Å². The average Bonchev–Trinajstić information content (AvgIpc) is 2.26. The maximum Gasteiger partial charge on any atom is 0.381 e. The number of nitro groups is 1. The number of esters is 1. The smallest absolute Gasteiger partial charge is 0.381 e. The summed E-state index contributed by atoms with van der Waals surface area (Å²) in [5.74, 6) is -1.71. The van der Waals surface area contributed by atoms with Gasteiger partial charge in [0.15, 0.2) is 0 Å². The zero-order valence-electron chi connectivity index (χ0n) is 11.3. The van der Waals surface area contributed by atoms with Gasteiger partial charge in [-0.05, 0) is 19.8 Å². The van der Waals surface area contributed by atoms with Gasteiger partial charge in [0.2, 0.25) is 0 Å². The van der Waals surface area contributed by atoms with Crippen LogP contribution < -0.4 is 0 Å². The first-order valence-corrected chi connectivity index (χ1v) is 6.14. The van der Waals surface area contributed by atoms with E-state index >= 15 is 0 Å². The third-order valence-corrected chi connectivity index (χ3v) is 3.06. The molecule has 0 aliphatic heterocycles. The van der Waals surface area contributed by atoms with E-state index in [9.17, 15) is 19.7 Å². The highest BCUT2D eigenvalue weighted by Gasteiger charge is 2.42. The molecule has 0 bridgehead atoms. The van der Waals surface area contributed by atoms with Crippen LogP contribution in [0.1, 0.15) is 40.5 Å². The SMILES string of the molecule is CCOC(=O)C(C(CC(C)=O)C(C)CC)[N+](=O)[O-]. The van der Waals surface area contributed by atoms with Crippen molar-refractivity contribution >= 4 is 11.8 Å². The molecule has 0 amide bonds. The quantitative estimate of drug-likeness (QED) is 0.377.